The quantitative estimate of drug-likeness (QED) is 0.790. The molecule has 1 N–H and O–H groups in total. The van der Waals surface area contributed by atoms with Crippen molar-refractivity contribution in [2.75, 3.05) is 13.2 Å². The summed E-state index contributed by atoms with van der Waals surface area (Å²) in [6.07, 6.45) is 3.59. The third-order valence-corrected chi connectivity index (χ3v) is 3.43. The predicted octanol–water partition coefficient (Wildman–Crippen LogP) is 1.55. The molecule has 0 aromatic heterocycles. The van der Waals surface area contributed by atoms with Crippen molar-refractivity contribution in [2.24, 2.45) is 11.8 Å². The molecule has 4 heteroatoms. The molecule has 1 aliphatic rings. The fraction of sp³-hybridized carbons (Fsp3) is 0.846. The van der Waals surface area contributed by atoms with E-state index in [1.807, 2.05) is 18.7 Å². The molecule has 1 aliphatic heterocycles. The van der Waals surface area contributed by atoms with Crippen molar-refractivity contribution in [1.29, 1.82) is 5.26 Å². The average molecular weight is 238 g/mol. The van der Waals surface area contributed by atoms with Crippen molar-refractivity contribution >= 4 is 5.91 Å². The van der Waals surface area contributed by atoms with Gasteiger partial charge in [-0.15, -0.1) is 0 Å². The third kappa shape index (κ3) is 3.44. The minimum Gasteiger partial charge on any atom is -0.396 e. The molecular formula is C13H22N2O2. The van der Waals surface area contributed by atoms with Crippen LogP contribution in [-0.4, -0.2) is 35.1 Å². The van der Waals surface area contributed by atoms with E-state index in [2.05, 4.69) is 6.07 Å². The number of hydrogen-bond donors (Lipinski definition) is 1. The monoisotopic (exact) mass is 238 g/mol. The molecule has 4 nitrogen and oxygen atoms in total. The molecule has 1 saturated heterocycles. The maximum Gasteiger partial charge on any atom is 0.240 e. The summed E-state index contributed by atoms with van der Waals surface area (Å²) in [5.74, 6) is -0.487. The van der Waals surface area contributed by atoms with E-state index in [1.165, 1.54) is 0 Å². The van der Waals surface area contributed by atoms with Crippen LogP contribution in [0, 0.1) is 23.2 Å². The van der Waals surface area contributed by atoms with Crippen LogP contribution in [0.15, 0.2) is 0 Å². The van der Waals surface area contributed by atoms with E-state index < -0.39 is 5.92 Å². The first-order valence-electron chi connectivity index (χ1n) is 6.42. The number of rotatable bonds is 5. The number of likely N-dealkylation sites (tertiary alicyclic amines) is 1. The minimum atomic E-state index is -0.523. The molecule has 0 bridgehead atoms. The summed E-state index contributed by atoms with van der Waals surface area (Å²) in [5, 5.41) is 17.9. The lowest BCUT2D eigenvalue weighted by atomic mass is 9.95. The number of aliphatic hydroxyl groups excluding tert-OH is 1. The molecule has 96 valence electrons. The standard InChI is InChI=1S/C13H22N2O2/c1-10(2)12(9-14)13(17)15-7-3-5-11(15)6-4-8-16/h10-12,16H,3-8H2,1-2H3. The third-order valence-electron chi connectivity index (χ3n) is 3.43. The van der Waals surface area contributed by atoms with Gasteiger partial charge in [0.1, 0.15) is 5.92 Å². The average Bonchev–Trinajstić information content (AvgIpc) is 2.74. The van der Waals surface area contributed by atoms with Crippen LogP contribution in [0.5, 0.6) is 0 Å². The van der Waals surface area contributed by atoms with Gasteiger partial charge in [-0.05, 0) is 31.6 Å². The Bertz CT molecular complexity index is 296. The lowest BCUT2D eigenvalue weighted by molar-refractivity contribution is -0.135. The van der Waals surface area contributed by atoms with Gasteiger partial charge in [-0.25, -0.2) is 0 Å². The Hall–Kier alpha value is -1.08. The summed E-state index contributed by atoms with van der Waals surface area (Å²) < 4.78 is 0. The molecule has 0 saturated carbocycles. The van der Waals surface area contributed by atoms with Crippen molar-refractivity contribution in [1.82, 2.24) is 4.90 Å². The van der Waals surface area contributed by atoms with Gasteiger partial charge in [0.05, 0.1) is 6.07 Å². The van der Waals surface area contributed by atoms with E-state index >= 15 is 0 Å². The Morgan fingerprint density at radius 3 is 2.82 bits per heavy atom. The molecule has 1 rings (SSSR count). The topological polar surface area (TPSA) is 64.3 Å². The van der Waals surface area contributed by atoms with Gasteiger partial charge in [-0.3, -0.25) is 4.79 Å². The zero-order valence-corrected chi connectivity index (χ0v) is 10.7. The Morgan fingerprint density at radius 2 is 2.29 bits per heavy atom. The summed E-state index contributed by atoms with van der Waals surface area (Å²) in [6, 6.07) is 2.34. The predicted molar refractivity (Wildman–Crippen MR) is 65.0 cm³/mol. The number of carbonyl (C=O) groups excluding carboxylic acids is 1. The van der Waals surface area contributed by atoms with Gasteiger partial charge in [-0.1, -0.05) is 13.8 Å². The first kappa shape index (κ1) is 14.0. The summed E-state index contributed by atoms with van der Waals surface area (Å²) >= 11 is 0. The van der Waals surface area contributed by atoms with E-state index in [4.69, 9.17) is 10.4 Å². The highest BCUT2D eigenvalue weighted by Crippen LogP contribution is 2.25. The van der Waals surface area contributed by atoms with Crippen LogP contribution in [-0.2, 0) is 4.79 Å². The fourth-order valence-corrected chi connectivity index (χ4v) is 2.42. The van der Waals surface area contributed by atoms with Gasteiger partial charge in [0, 0.05) is 19.2 Å². The second kappa shape index (κ2) is 6.61. The van der Waals surface area contributed by atoms with E-state index in [0.29, 0.717) is 0 Å². The summed E-state index contributed by atoms with van der Waals surface area (Å²) in [7, 11) is 0. The zero-order valence-electron chi connectivity index (χ0n) is 10.7. The summed E-state index contributed by atoms with van der Waals surface area (Å²) in [6.45, 7) is 4.75. The van der Waals surface area contributed by atoms with E-state index in [1.54, 1.807) is 0 Å². The number of aliphatic hydroxyl groups is 1. The van der Waals surface area contributed by atoms with Crippen molar-refractivity contribution in [3.63, 3.8) is 0 Å². The molecule has 0 aromatic carbocycles. The normalized spacial score (nSPS) is 21.6. The molecule has 2 atom stereocenters. The number of nitriles is 1. The maximum absolute atomic E-state index is 12.2. The lowest BCUT2D eigenvalue weighted by Gasteiger charge is -2.27. The van der Waals surface area contributed by atoms with Gasteiger partial charge in [0.2, 0.25) is 5.91 Å². The van der Waals surface area contributed by atoms with Crippen LogP contribution in [0.3, 0.4) is 0 Å². The van der Waals surface area contributed by atoms with Gasteiger partial charge in [0.15, 0.2) is 0 Å². The first-order chi connectivity index (χ1) is 8.11. The molecule has 0 aliphatic carbocycles. The Balaban J connectivity index is 2.64. The lowest BCUT2D eigenvalue weighted by Crippen LogP contribution is -2.40. The van der Waals surface area contributed by atoms with E-state index in [-0.39, 0.29) is 24.5 Å². The highest BCUT2D eigenvalue weighted by atomic mass is 16.3. The second-order valence-electron chi connectivity index (χ2n) is 5.04. The van der Waals surface area contributed by atoms with Crippen LogP contribution >= 0.6 is 0 Å². The first-order valence-corrected chi connectivity index (χ1v) is 6.42. The zero-order chi connectivity index (χ0) is 12.8. The molecular weight excluding hydrogens is 216 g/mol. The smallest absolute Gasteiger partial charge is 0.240 e. The molecule has 2 unspecified atom stereocenters. The molecule has 1 fully saturated rings. The summed E-state index contributed by atoms with van der Waals surface area (Å²) in [4.78, 5) is 14.1. The van der Waals surface area contributed by atoms with Crippen LogP contribution in [0.1, 0.15) is 39.5 Å². The van der Waals surface area contributed by atoms with E-state index in [9.17, 15) is 4.79 Å². The van der Waals surface area contributed by atoms with Gasteiger partial charge < -0.3 is 10.0 Å². The van der Waals surface area contributed by atoms with Crippen LogP contribution in [0.2, 0.25) is 0 Å². The number of amides is 1. The van der Waals surface area contributed by atoms with Crippen LogP contribution < -0.4 is 0 Å². The molecule has 1 amide bonds. The van der Waals surface area contributed by atoms with Crippen LogP contribution in [0.25, 0.3) is 0 Å². The van der Waals surface area contributed by atoms with Gasteiger partial charge in [-0.2, -0.15) is 5.26 Å². The van der Waals surface area contributed by atoms with Crippen molar-refractivity contribution in [3.8, 4) is 6.07 Å². The highest BCUT2D eigenvalue weighted by Gasteiger charge is 2.33. The SMILES string of the molecule is CC(C)C(C#N)C(=O)N1CCCC1CCCO. The summed E-state index contributed by atoms with van der Waals surface area (Å²) in [5.41, 5.74) is 0. The highest BCUT2D eigenvalue weighted by molar-refractivity contribution is 5.82. The Labute approximate surface area is 103 Å². The maximum atomic E-state index is 12.2. The second-order valence-corrected chi connectivity index (χ2v) is 5.04. The number of nitrogens with zero attached hydrogens (tertiary/aromatic N) is 2. The Morgan fingerprint density at radius 1 is 1.59 bits per heavy atom. The van der Waals surface area contributed by atoms with E-state index in [0.717, 1.165) is 32.2 Å². The molecule has 0 aromatic rings. The van der Waals surface area contributed by atoms with Gasteiger partial charge >= 0.3 is 0 Å². The number of carbonyl (C=O) groups is 1. The van der Waals surface area contributed by atoms with Crippen molar-refractivity contribution < 1.29 is 9.90 Å². The van der Waals surface area contributed by atoms with Crippen molar-refractivity contribution in [3.05, 3.63) is 0 Å². The minimum absolute atomic E-state index is 0.0251. The van der Waals surface area contributed by atoms with Crippen LogP contribution in [0.4, 0.5) is 0 Å². The largest absolute Gasteiger partial charge is 0.396 e. The fourth-order valence-electron chi connectivity index (χ4n) is 2.42. The molecule has 0 spiro atoms. The van der Waals surface area contributed by atoms with Gasteiger partial charge in [0.25, 0.3) is 0 Å². The Kier molecular flexibility index (Phi) is 5.43. The molecule has 17 heavy (non-hydrogen) atoms. The molecule has 0 radical (unpaired) electrons. The van der Waals surface area contributed by atoms with Crippen molar-refractivity contribution in [2.45, 2.75) is 45.6 Å². The number of hydrogen-bond acceptors (Lipinski definition) is 3. The molecule has 1 heterocycles.